The molecular weight excluding hydrogens is 178 g/mol. The van der Waals surface area contributed by atoms with Gasteiger partial charge in [0.2, 0.25) is 0 Å². The van der Waals surface area contributed by atoms with Crippen molar-refractivity contribution in [1.29, 1.82) is 0 Å². The minimum absolute atomic E-state index is 0.631. The first-order valence-electron chi connectivity index (χ1n) is 3.89. The highest BCUT2D eigenvalue weighted by Crippen LogP contribution is 2.35. The molecule has 1 N–H and O–H groups in total. The molecule has 0 amide bonds. The van der Waals surface area contributed by atoms with Gasteiger partial charge in [-0.3, -0.25) is 0 Å². The van der Waals surface area contributed by atoms with Crippen LogP contribution in [0.25, 0.3) is 0 Å². The van der Waals surface area contributed by atoms with Crippen LogP contribution in [0.2, 0.25) is 0 Å². The summed E-state index contributed by atoms with van der Waals surface area (Å²) >= 11 is 0. The molecule has 64 valence electrons. The van der Waals surface area contributed by atoms with Crippen LogP contribution in [-0.2, 0) is 4.79 Å². The van der Waals surface area contributed by atoms with Gasteiger partial charge in [-0.05, 0) is 19.4 Å². The fourth-order valence-corrected chi connectivity index (χ4v) is 3.62. The lowest BCUT2D eigenvalue weighted by molar-refractivity contribution is -0.107. The Balaban J connectivity index is 1.89. The van der Waals surface area contributed by atoms with E-state index in [1.54, 1.807) is 0 Å². The van der Waals surface area contributed by atoms with Gasteiger partial charge in [-0.1, -0.05) is 21.6 Å². The van der Waals surface area contributed by atoms with Crippen LogP contribution in [0.4, 0.5) is 0 Å². The molecule has 0 aliphatic carbocycles. The van der Waals surface area contributed by atoms with Crippen LogP contribution < -0.4 is 5.32 Å². The van der Waals surface area contributed by atoms with Gasteiger partial charge >= 0.3 is 0 Å². The Bertz CT molecular complexity index is 115. The van der Waals surface area contributed by atoms with E-state index in [0.717, 1.165) is 19.3 Å². The number of rotatable bonds is 5. The number of carbonyl (C=O) groups is 1. The summed E-state index contributed by atoms with van der Waals surface area (Å²) in [5, 5.41) is 4.03. The van der Waals surface area contributed by atoms with Crippen molar-refractivity contribution in [2.45, 2.75) is 24.6 Å². The molecule has 0 spiro atoms. The quantitative estimate of drug-likeness (QED) is 0.406. The highest BCUT2D eigenvalue weighted by atomic mass is 33.1. The van der Waals surface area contributed by atoms with E-state index in [1.807, 2.05) is 21.6 Å². The molecule has 1 heterocycles. The summed E-state index contributed by atoms with van der Waals surface area (Å²) in [5.41, 5.74) is 0. The van der Waals surface area contributed by atoms with Crippen molar-refractivity contribution in [1.82, 2.24) is 5.32 Å². The maximum atomic E-state index is 9.96. The van der Waals surface area contributed by atoms with E-state index in [4.69, 9.17) is 0 Å². The third-order valence-corrected chi connectivity index (χ3v) is 4.30. The van der Waals surface area contributed by atoms with E-state index in [1.165, 1.54) is 12.2 Å². The van der Waals surface area contributed by atoms with Crippen molar-refractivity contribution >= 4 is 27.9 Å². The smallest absolute Gasteiger partial charge is 0.120 e. The molecule has 0 bridgehead atoms. The summed E-state index contributed by atoms with van der Waals surface area (Å²) in [5.74, 6) is 1.26. The summed E-state index contributed by atoms with van der Waals surface area (Å²) in [6.45, 7) is 0.983. The van der Waals surface area contributed by atoms with Crippen LogP contribution in [0.5, 0.6) is 0 Å². The fraction of sp³-hybridized carbons (Fsp3) is 0.857. The van der Waals surface area contributed by atoms with Crippen molar-refractivity contribution in [3.63, 3.8) is 0 Å². The predicted molar refractivity (Wildman–Crippen MR) is 51.8 cm³/mol. The van der Waals surface area contributed by atoms with Gasteiger partial charge in [0.1, 0.15) is 6.29 Å². The molecule has 11 heavy (non-hydrogen) atoms. The van der Waals surface area contributed by atoms with Crippen molar-refractivity contribution in [3.05, 3.63) is 0 Å². The molecule has 1 fully saturated rings. The number of unbranched alkanes of at least 4 members (excludes halogenated alkanes) is 1. The number of hydrogen-bond donors (Lipinski definition) is 1. The lowest BCUT2D eigenvalue weighted by Crippen LogP contribution is -2.24. The Hall–Kier alpha value is 0.330. The number of nitrogens with one attached hydrogen (secondary N) is 1. The average Bonchev–Trinajstić information content (AvgIpc) is 2.50. The van der Waals surface area contributed by atoms with Gasteiger partial charge in [-0.15, -0.1) is 0 Å². The SMILES string of the molecule is O=CCCCN[C@@H]1CCSS1. The molecule has 0 radical (unpaired) electrons. The summed E-state index contributed by atoms with van der Waals surface area (Å²) in [7, 11) is 3.85. The molecule has 0 aromatic heterocycles. The van der Waals surface area contributed by atoms with Gasteiger partial charge < -0.3 is 10.1 Å². The van der Waals surface area contributed by atoms with Crippen LogP contribution in [-0.4, -0.2) is 24.0 Å². The van der Waals surface area contributed by atoms with Crippen molar-refractivity contribution in [3.8, 4) is 0 Å². The molecule has 4 heteroatoms. The lowest BCUT2D eigenvalue weighted by atomic mass is 10.3. The minimum Gasteiger partial charge on any atom is -0.305 e. The van der Waals surface area contributed by atoms with Gasteiger partial charge in [-0.25, -0.2) is 0 Å². The molecule has 2 nitrogen and oxygen atoms in total. The second-order valence-electron chi connectivity index (χ2n) is 2.46. The average molecular weight is 191 g/mol. The van der Waals surface area contributed by atoms with Crippen molar-refractivity contribution in [2.24, 2.45) is 0 Å². The molecule has 1 rings (SSSR count). The summed E-state index contributed by atoms with van der Waals surface area (Å²) in [6.07, 6.45) is 3.91. The van der Waals surface area contributed by atoms with E-state index in [9.17, 15) is 4.79 Å². The van der Waals surface area contributed by atoms with Gasteiger partial charge in [0, 0.05) is 12.2 Å². The van der Waals surface area contributed by atoms with Crippen LogP contribution in [0, 0.1) is 0 Å². The maximum absolute atomic E-state index is 9.96. The van der Waals surface area contributed by atoms with E-state index in [-0.39, 0.29) is 0 Å². The largest absolute Gasteiger partial charge is 0.305 e. The van der Waals surface area contributed by atoms with Crippen LogP contribution in [0.15, 0.2) is 0 Å². The normalized spacial score (nSPS) is 23.8. The zero-order valence-corrected chi connectivity index (χ0v) is 8.05. The van der Waals surface area contributed by atoms with Crippen molar-refractivity contribution in [2.75, 3.05) is 12.3 Å². The van der Waals surface area contributed by atoms with E-state index in [0.29, 0.717) is 11.8 Å². The third-order valence-electron chi connectivity index (χ3n) is 1.52. The number of carbonyl (C=O) groups excluding carboxylic acids is 1. The number of hydrogen-bond acceptors (Lipinski definition) is 4. The predicted octanol–water partition coefficient (Wildman–Crippen LogP) is 1.67. The Labute approximate surface area is 75.3 Å². The second kappa shape index (κ2) is 5.91. The zero-order chi connectivity index (χ0) is 7.94. The molecule has 0 unspecified atom stereocenters. The highest BCUT2D eigenvalue weighted by molar-refractivity contribution is 8.77. The van der Waals surface area contributed by atoms with E-state index >= 15 is 0 Å². The molecule has 0 saturated carbocycles. The van der Waals surface area contributed by atoms with Crippen molar-refractivity contribution < 1.29 is 4.79 Å². The molecule has 1 aliphatic heterocycles. The molecule has 1 aliphatic rings. The highest BCUT2D eigenvalue weighted by Gasteiger charge is 2.14. The molecule has 0 aromatic carbocycles. The first kappa shape index (κ1) is 9.42. The standard InChI is InChI=1S/C7H13NOS2/c9-5-2-1-4-8-7-3-6-10-11-7/h5,7-8H,1-4,6H2/t7-/m0/s1. The molecule has 1 atom stereocenters. The van der Waals surface area contributed by atoms with Gasteiger partial charge in [0.15, 0.2) is 0 Å². The van der Waals surface area contributed by atoms with Gasteiger partial charge in [0.05, 0.1) is 5.37 Å². The first-order chi connectivity index (χ1) is 5.43. The van der Waals surface area contributed by atoms with Gasteiger partial charge in [0.25, 0.3) is 0 Å². The van der Waals surface area contributed by atoms with Crippen LogP contribution in [0.1, 0.15) is 19.3 Å². The topological polar surface area (TPSA) is 29.1 Å². The molecule has 0 aromatic rings. The second-order valence-corrected chi connectivity index (χ2v) is 5.15. The summed E-state index contributed by atoms with van der Waals surface area (Å²) in [4.78, 5) is 9.96. The molecular formula is C7H13NOS2. The number of aldehydes is 1. The van der Waals surface area contributed by atoms with Gasteiger partial charge in [-0.2, -0.15) is 0 Å². The Kier molecular flexibility index (Phi) is 5.06. The molecule has 1 saturated heterocycles. The maximum Gasteiger partial charge on any atom is 0.120 e. The summed E-state index contributed by atoms with van der Waals surface area (Å²) in [6, 6.07) is 0. The lowest BCUT2D eigenvalue weighted by Gasteiger charge is -2.08. The van der Waals surface area contributed by atoms with Crippen LogP contribution in [0.3, 0.4) is 0 Å². The van der Waals surface area contributed by atoms with E-state index < -0.39 is 0 Å². The first-order valence-corrected chi connectivity index (χ1v) is 6.27. The Morgan fingerprint density at radius 3 is 3.18 bits per heavy atom. The van der Waals surface area contributed by atoms with Crippen LogP contribution >= 0.6 is 21.6 Å². The Morgan fingerprint density at radius 1 is 1.64 bits per heavy atom. The third kappa shape index (κ3) is 4.03. The Morgan fingerprint density at radius 2 is 2.55 bits per heavy atom. The summed E-state index contributed by atoms with van der Waals surface area (Å²) < 4.78 is 0. The minimum atomic E-state index is 0.631. The monoisotopic (exact) mass is 191 g/mol. The van der Waals surface area contributed by atoms with E-state index in [2.05, 4.69) is 5.32 Å². The zero-order valence-electron chi connectivity index (χ0n) is 6.41. The fourth-order valence-electron chi connectivity index (χ4n) is 0.918.